The molecule has 0 fully saturated rings. The molecular weight excluding hydrogens is 210 g/mol. The Bertz CT molecular complexity index is 364. The maximum Gasteiger partial charge on any atom is 0.132 e. The van der Waals surface area contributed by atoms with Gasteiger partial charge in [0.1, 0.15) is 5.78 Å². The highest BCUT2D eigenvalue weighted by atomic mass is 16.1. The molecule has 0 atom stereocenters. The molecule has 0 N–H and O–H groups in total. The molecular formula is C15H23NO. The summed E-state index contributed by atoms with van der Waals surface area (Å²) in [6.07, 6.45) is 2.30. The van der Waals surface area contributed by atoms with Crippen LogP contribution in [0.5, 0.6) is 0 Å². The molecule has 0 saturated carbocycles. The third-order valence-electron chi connectivity index (χ3n) is 2.99. The van der Waals surface area contributed by atoms with Crippen LogP contribution < -0.4 is 4.90 Å². The lowest BCUT2D eigenvalue weighted by molar-refractivity contribution is -0.118. The van der Waals surface area contributed by atoms with Crippen molar-refractivity contribution in [2.75, 3.05) is 18.5 Å². The predicted octanol–water partition coefficient (Wildman–Crippen LogP) is 3.50. The number of ketones is 1. The SMILES string of the molecule is CCC(=O)CCCN(C)c1cc(C)cc(C)c1. The first-order valence-electron chi connectivity index (χ1n) is 6.34. The van der Waals surface area contributed by atoms with E-state index in [1.807, 2.05) is 6.92 Å². The van der Waals surface area contributed by atoms with Gasteiger partial charge in [-0.2, -0.15) is 0 Å². The van der Waals surface area contributed by atoms with Gasteiger partial charge in [0.15, 0.2) is 0 Å². The zero-order valence-corrected chi connectivity index (χ0v) is 11.4. The van der Waals surface area contributed by atoms with Crippen LogP contribution in [0, 0.1) is 13.8 Å². The molecule has 1 aromatic rings. The summed E-state index contributed by atoms with van der Waals surface area (Å²) < 4.78 is 0. The van der Waals surface area contributed by atoms with Crippen molar-refractivity contribution in [2.24, 2.45) is 0 Å². The zero-order valence-electron chi connectivity index (χ0n) is 11.4. The smallest absolute Gasteiger partial charge is 0.132 e. The summed E-state index contributed by atoms with van der Waals surface area (Å²) in [5, 5.41) is 0. The molecule has 2 nitrogen and oxygen atoms in total. The van der Waals surface area contributed by atoms with Gasteiger partial charge in [0.05, 0.1) is 0 Å². The first kappa shape index (κ1) is 13.8. The van der Waals surface area contributed by atoms with Gasteiger partial charge in [-0.15, -0.1) is 0 Å². The summed E-state index contributed by atoms with van der Waals surface area (Å²) in [5.41, 5.74) is 3.82. The molecule has 0 bridgehead atoms. The van der Waals surface area contributed by atoms with E-state index < -0.39 is 0 Å². The van der Waals surface area contributed by atoms with Gasteiger partial charge in [0.2, 0.25) is 0 Å². The van der Waals surface area contributed by atoms with E-state index in [4.69, 9.17) is 0 Å². The number of benzene rings is 1. The number of rotatable bonds is 6. The van der Waals surface area contributed by atoms with Crippen molar-refractivity contribution >= 4 is 11.5 Å². The molecule has 0 unspecified atom stereocenters. The normalized spacial score (nSPS) is 10.4. The van der Waals surface area contributed by atoms with E-state index in [1.165, 1.54) is 16.8 Å². The molecule has 94 valence electrons. The van der Waals surface area contributed by atoms with Crippen LogP contribution >= 0.6 is 0 Å². The van der Waals surface area contributed by atoms with E-state index in [0.717, 1.165) is 13.0 Å². The minimum Gasteiger partial charge on any atom is -0.375 e. The summed E-state index contributed by atoms with van der Waals surface area (Å²) >= 11 is 0. The number of Topliss-reactive ketones (excluding diaryl/α,β-unsaturated/α-hetero) is 1. The second-order valence-corrected chi connectivity index (χ2v) is 4.76. The van der Waals surface area contributed by atoms with Crippen molar-refractivity contribution in [1.82, 2.24) is 0 Å². The first-order valence-corrected chi connectivity index (χ1v) is 6.34. The molecule has 2 heteroatoms. The molecule has 17 heavy (non-hydrogen) atoms. The Balaban J connectivity index is 2.52. The summed E-state index contributed by atoms with van der Waals surface area (Å²) in [4.78, 5) is 13.4. The summed E-state index contributed by atoms with van der Waals surface area (Å²) in [6.45, 7) is 7.10. The number of carbonyl (C=O) groups excluding carboxylic acids is 1. The van der Waals surface area contributed by atoms with Crippen molar-refractivity contribution in [3.63, 3.8) is 0 Å². The topological polar surface area (TPSA) is 20.3 Å². The maximum atomic E-state index is 11.2. The molecule has 0 heterocycles. The third-order valence-corrected chi connectivity index (χ3v) is 2.99. The van der Waals surface area contributed by atoms with E-state index >= 15 is 0 Å². The fourth-order valence-electron chi connectivity index (χ4n) is 1.99. The molecule has 0 saturated heterocycles. The lowest BCUT2D eigenvalue weighted by Gasteiger charge is -2.20. The summed E-state index contributed by atoms with van der Waals surface area (Å²) in [5.74, 6) is 0.360. The van der Waals surface area contributed by atoms with Gasteiger partial charge in [-0.25, -0.2) is 0 Å². The Kier molecular flexibility index (Phi) is 5.20. The van der Waals surface area contributed by atoms with Crippen LogP contribution in [0.3, 0.4) is 0 Å². The largest absolute Gasteiger partial charge is 0.375 e. The van der Waals surface area contributed by atoms with Crippen molar-refractivity contribution in [3.05, 3.63) is 29.3 Å². The van der Waals surface area contributed by atoms with Gasteiger partial charge in [-0.3, -0.25) is 4.79 Å². The Labute approximate surface area is 105 Å². The fraction of sp³-hybridized carbons (Fsp3) is 0.533. The second kappa shape index (κ2) is 6.43. The van der Waals surface area contributed by atoms with Gasteiger partial charge in [0, 0.05) is 32.1 Å². The second-order valence-electron chi connectivity index (χ2n) is 4.76. The van der Waals surface area contributed by atoms with Crippen LogP contribution in [-0.2, 0) is 4.79 Å². The highest BCUT2D eigenvalue weighted by Gasteiger charge is 2.04. The quantitative estimate of drug-likeness (QED) is 0.749. The molecule has 0 aliphatic carbocycles. The van der Waals surface area contributed by atoms with Crippen molar-refractivity contribution in [2.45, 2.75) is 40.0 Å². The molecule has 0 aliphatic rings. The number of nitrogens with zero attached hydrogens (tertiary/aromatic N) is 1. The van der Waals surface area contributed by atoms with Crippen LogP contribution in [0.15, 0.2) is 18.2 Å². The highest BCUT2D eigenvalue weighted by Crippen LogP contribution is 2.17. The van der Waals surface area contributed by atoms with Crippen LogP contribution in [0.4, 0.5) is 5.69 Å². The average Bonchev–Trinajstić information content (AvgIpc) is 2.27. The summed E-state index contributed by atoms with van der Waals surface area (Å²) in [6, 6.07) is 6.56. The minimum atomic E-state index is 0.360. The van der Waals surface area contributed by atoms with Crippen LogP contribution in [-0.4, -0.2) is 19.4 Å². The lowest BCUT2D eigenvalue weighted by atomic mass is 10.1. The Morgan fingerprint density at radius 2 is 1.76 bits per heavy atom. The number of hydrogen-bond acceptors (Lipinski definition) is 2. The Hall–Kier alpha value is -1.31. The van der Waals surface area contributed by atoms with Gasteiger partial charge in [-0.1, -0.05) is 13.0 Å². The summed E-state index contributed by atoms with van der Waals surface area (Å²) in [7, 11) is 2.09. The maximum absolute atomic E-state index is 11.2. The molecule has 0 spiro atoms. The lowest BCUT2D eigenvalue weighted by Crippen LogP contribution is -2.19. The molecule has 0 radical (unpaired) electrons. The Morgan fingerprint density at radius 1 is 1.18 bits per heavy atom. The Morgan fingerprint density at radius 3 is 2.29 bits per heavy atom. The van der Waals surface area contributed by atoms with E-state index in [0.29, 0.717) is 18.6 Å². The molecule has 0 aliphatic heterocycles. The van der Waals surface area contributed by atoms with E-state index in [9.17, 15) is 4.79 Å². The van der Waals surface area contributed by atoms with E-state index in [2.05, 4.69) is 44.0 Å². The number of aryl methyl sites for hydroxylation is 2. The standard InChI is InChI=1S/C15H23NO/c1-5-15(17)7-6-8-16(4)14-10-12(2)9-13(3)11-14/h9-11H,5-8H2,1-4H3. The van der Waals surface area contributed by atoms with Gasteiger partial charge in [0.25, 0.3) is 0 Å². The monoisotopic (exact) mass is 233 g/mol. The van der Waals surface area contributed by atoms with Gasteiger partial charge < -0.3 is 4.90 Å². The van der Waals surface area contributed by atoms with Crippen molar-refractivity contribution in [3.8, 4) is 0 Å². The zero-order chi connectivity index (χ0) is 12.8. The van der Waals surface area contributed by atoms with E-state index in [1.54, 1.807) is 0 Å². The molecule has 0 amide bonds. The predicted molar refractivity (Wildman–Crippen MR) is 73.7 cm³/mol. The fourth-order valence-corrected chi connectivity index (χ4v) is 1.99. The van der Waals surface area contributed by atoms with Gasteiger partial charge in [-0.05, 0) is 43.5 Å². The van der Waals surface area contributed by atoms with E-state index in [-0.39, 0.29) is 0 Å². The minimum absolute atomic E-state index is 0.360. The van der Waals surface area contributed by atoms with Crippen LogP contribution in [0.1, 0.15) is 37.3 Å². The third kappa shape index (κ3) is 4.59. The number of carbonyl (C=O) groups is 1. The number of hydrogen-bond donors (Lipinski definition) is 0. The molecule has 1 aromatic carbocycles. The van der Waals surface area contributed by atoms with Crippen LogP contribution in [0.2, 0.25) is 0 Å². The average molecular weight is 233 g/mol. The highest BCUT2D eigenvalue weighted by molar-refractivity contribution is 5.77. The van der Waals surface area contributed by atoms with Gasteiger partial charge >= 0.3 is 0 Å². The number of anilines is 1. The van der Waals surface area contributed by atoms with Crippen molar-refractivity contribution < 1.29 is 4.79 Å². The molecule has 1 rings (SSSR count). The van der Waals surface area contributed by atoms with Crippen LogP contribution in [0.25, 0.3) is 0 Å². The first-order chi connectivity index (χ1) is 8.02. The molecule has 0 aromatic heterocycles. The van der Waals surface area contributed by atoms with Crippen molar-refractivity contribution in [1.29, 1.82) is 0 Å².